The second-order valence-corrected chi connectivity index (χ2v) is 4.90. The number of para-hydroxylation sites is 1. The lowest BCUT2D eigenvalue weighted by atomic mass is 10.2. The number of hydrogen-bond acceptors (Lipinski definition) is 3. The van der Waals surface area contributed by atoms with Crippen LogP contribution >= 0.6 is 12.2 Å². The molecule has 5 heteroatoms. The van der Waals surface area contributed by atoms with Crippen molar-refractivity contribution in [3.05, 3.63) is 28.5 Å². The van der Waals surface area contributed by atoms with Crippen LogP contribution in [0.5, 0.6) is 0 Å². The lowest BCUT2D eigenvalue weighted by Gasteiger charge is -2.07. The molecule has 0 saturated carbocycles. The van der Waals surface area contributed by atoms with Crippen LogP contribution in [0, 0.1) is 11.7 Å². The molecule has 0 spiro atoms. The van der Waals surface area contributed by atoms with Crippen LogP contribution in [0.3, 0.4) is 0 Å². The Hall–Kier alpha value is -1.17. The summed E-state index contributed by atoms with van der Waals surface area (Å²) >= 11 is 5.38. The fraction of sp³-hybridized carbons (Fsp3) is 0.500. The van der Waals surface area contributed by atoms with Gasteiger partial charge in [0.25, 0.3) is 0 Å². The Labute approximate surface area is 118 Å². The number of H-pyrrole nitrogens is 1. The molecular formula is C14H20N2O2S. The quantitative estimate of drug-likeness (QED) is 0.626. The van der Waals surface area contributed by atoms with Gasteiger partial charge in [-0.2, -0.15) is 0 Å². The van der Waals surface area contributed by atoms with Crippen LogP contribution in [0.2, 0.25) is 0 Å². The maximum atomic E-state index is 5.47. The zero-order valence-corrected chi connectivity index (χ0v) is 12.3. The van der Waals surface area contributed by atoms with Gasteiger partial charge in [0.2, 0.25) is 0 Å². The van der Waals surface area contributed by atoms with E-state index in [1.807, 2.05) is 6.07 Å². The first-order chi connectivity index (χ1) is 9.24. The minimum atomic E-state index is 0.644. The summed E-state index contributed by atoms with van der Waals surface area (Å²) in [5, 5.41) is 0. The Bertz CT molecular complexity index is 589. The molecule has 1 aromatic carbocycles. The Balaban J connectivity index is 2.00. The highest BCUT2D eigenvalue weighted by atomic mass is 32.1. The van der Waals surface area contributed by atoms with E-state index in [9.17, 15) is 0 Å². The predicted octanol–water partition coefficient (Wildman–Crippen LogP) is 3.06. The molecule has 2 rings (SSSR count). The third-order valence-electron chi connectivity index (χ3n) is 3.10. The van der Waals surface area contributed by atoms with Crippen molar-refractivity contribution in [1.29, 1.82) is 0 Å². The number of nitrogens with zero attached hydrogens (tertiary/aromatic N) is 1. The van der Waals surface area contributed by atoms with Gasteiger partial charge in [-0.25, -0.2) is 0 Å². The molecule has 0 aliphatic rings. The van der Waals surface area contributed by atoms with E-state index in [-0.39, 0.29) is 0 Å². The van der Waals surface area contributed by atoms with Crippen LogP contribution in [-0.4, -0.2) is 36.5 Å². The van der Waals surface area contributed by atoms with Crippen molar-refractivity contribution in [2.75, 3.05) is 26.9 Å². The molecule has 0 aliphatic heterocycles. The van der Waals surface area contributed by atoms with Gasteiger partial charge in [0.05, 0.1) is 24.2 Å². The molecule has 0 radical (unpaired) electrons. The van der Waals surface area contributed by atoms with Gasteiger partial charge in [-0.05, 0) is 37.2 Å². The maximum absolute atomic E-state index is 5.47. The van der Waals surface area contributed by atoms with E-state index in [2.05, 4.69) is 28.6 Å². The third-order valence-corrected chi connectivity index (χ3v) is 3.42. The van der Waals surface area contributed by atoms with Crippen molar-refractivity contribution in [3.8, 4) is 0 Å². The second kappa shape index (κ2) is 6.84. The van der Waals surface area contributed by atoms with Crippen molar-refractivity contribution in [2.24, 2.45) is 0 Å². The summed E-state index contributed by atoms with van der Waals surface area (Å²) in [6.07, 6.45) is 0.944. The van der Waals surface area contributed by atoms with Crippen LogP contribution in [0.1, 0.15) is 12.0 Å². The molecule has 19 heavy (non-hydrogen) atoms. The Kier molecular flexibility index (Phi) is 5.13. The zero-order valence-electron chi connectivity index (χ0n) is 11.4. The normalized spacial score (nSPS) is 11.3. The highest BCUT2D eigenvalue weighted by Crippen LogP contribution is 2.18. The summed E-state index contributed by atoms with van der Waals surface area (Å²) in [7, 11) is 1.68. The average molecular weight is 280 g/mol. The SMILES string of the molecule is COCCOCCCn1c(=S)[nH]c2cccc(C)c21. The maximum Gasteiger partial charge on any atom is 0.178 e. The summed E-state index contributed by atoms with van der Waals surface area (Å²) in [5.41, 5.74) is 3.54. The van der Waals surface area contributed by atoms with Crippen molar-refractivity contribution < 1.29 is 9.47 Å². The summed E-state index contributed by atoms with van der Waals surface area (Å²) in [4.78, 5) is 3.25. The Morgan fingerprint density at radius 1 is 1.26 bits per heavy atom. The third kappa shape index (κ3) is 3.43. The molecule has 0 saturated heterocycles. The van der Waals surface area contributed by atoms with Gasteiger partial charge in [-0.3, -0.25) is 0 Å². The van der Waals surface area contributed by atoms with Gasteiger partial charge in [0, 0.05) is 20.3 Å². The van der Waals surface area contributed by atoms with Crippen molar-refractivity contribution in [3.63, 3.8) is 0 Å². The first-order valence-corrected chi connectivity index (χ1v) is 6.89. The molecular weight excluding hydrogens is 260 g/mol. The number of hydrogen-bond donors (Lipinski definition) is 1. The summed E-state index contributed by atoms with van der Waals surface area (Å²) in [6, 6.07) is 6.21. The van der Waals surface area contributed by atoms with E-state index in [1.54, 1.807) is 7.11 Å². The average Bonchev–Trinajstić information content (AvgIpc) is 2.71. The minimum absolute atomic E-state index is 0.644. The molecule has 0 atom stereocenters. The standard InChI is InChI=1S/C14H20N2O2S/c1-11-5-3-6-12-13(11)16(14(19)15-12)7-4-8-18-10-9-17-2/h3,5-6H,4,7-10H2,1-2H3,(H,15,19). The number of rotatable bonds is 7. The van der Waals surface area contributed by atoms with E-state index in [0.717, 1.165) is 29.9 Å². The zero-order chi connectivity index (χ0) is 13.7. The van der Waals surface area contributed by atoms with Crippen LogP contribution in [0.4, 0.5) is 0 Å². The summed E-state index contributed by atoms with van der Waals surface area (Å²) < 4.78 is 13.3. The molecule has 0 aliphatic carbocycles. The number of ether oxygens (including phenoxy) is 2. The molecule has 104 valence electrons. The second-order valence-electron chi connectivity index (χ2n) is 4.51. The number of fused-ring (bicyclic) bond motifs is 1. The monoisotopic (exact) mass is 280 g/mol. The molecule has 1 heterocycles. The van der Waals surface area contributed by atoms with Crippen molar-refractivity contribution in [1.82, 2.24) is 9.55 Å². The van der Waals surface area contributed by atoms with Gasteiger partial charge in [-0.15, -0.1) is 0 Å². The smallest absolute Gasteiger partial charge is 0.178 e. The number of methoxy groups -OCH3 is 1. The van der Waals surface area contributed by atoms with Gasteiger partial charge < -0.3 is 19.0 Å². The number of benzene rings is 1. The Morgan fingerprint density at radius 2 is 2.11 bits per heavy atom. The van der Waals surface area contributed by atoms with Gasteiger partial charge in [0.15, 0.2) is 4.77 Å². The Morgan fingerprint density at radius 3 is 2.89 bits per heavy atom. The van der Waals surface area contributed by atoms with E-state index >= 15 is 0 Å². The molecule has 1 aromatic heterocycles. The molecule has 1 N–H and O–H groups in total. The van der Waals surface area contributed by atoms with Crippen molar-refractivity contribution in [2.45, 2.75) is 19.9 Å². The fourth-order valence-electron chi connectivity index (χ4n) is 2.18. The van der Waals surface area contributed by atoms with Crippen LogP contribution in [0.25, 0.3) is 11.0 Å². The highest BCUT2D eigenvalue weighted by molar-refractivity contribution is 7.71. The van der Waals surface area contributed by atoms with Crippen LogP contribution in [-0.2, 0) is 16.0 Å². The molecule has 2 aromatic rings. The summed E-state index contributed by atoms with van der Waals surface area (Å²) in [5.74, 6) is 0. The number of imidazole rings is 1. The number of nitrogens with one attached hydrogen (secondary N) is 1. The molecule has 0 bridgehead atoms. The fourth-order valence-corrected chi connectivity index (χ4v) is 2.48. The number of aryl methyl sites for hydroxylation is 2. The van der Waals surface area contributed by atoms with E-state index < -0.39 is 0 Å². The van der Waals surface area contributed by atoms with Gasteiger partial charge in [0.1, 0.15) is 0 Å². The van der Waals surface area contributed by atoms with Crippen LogP contribution < -0.4 is 0 Å². The summed E-state index contributed by atoms with van der Waals surface area (Å²) in [6.45, 7) is 5.00. The number of aromatic nitrogens is 2. The highest BCUT2D eigenvalue weighted by Gasteiger charge is 2.06. The van der Waals surface area contributed by atoms with E-state index in [1.165, 1.54) is 11.1 Å². The number of aromatic amines is 1. The van der Waals surface area contributed by atoms with Gasteiger partial charge in [-0.1, -0.05) is 12.1 Å². The largest absolute Gasteiger partial charge is 0.382 e. The molecule has 0 unspecified atom stereocenters. The lowest BCUT2D eigenvalue weighted by molar-refractivity contribution is 0.0681. The van der Waals surface area contributed by atoms with Crippen molar-refractivity contribution >= 4 is 23.3 Å². The first kappa shape index (κ1) is 14.2. The lowest BCUT2D eigenvalue weighted by Crippen LogP contribution is -2.06. The predicted molar refractivity (Wildman–Crippen MR) is 79.2 cm³/mol. The molecule has 0 amide bonds. The van der Waals surface area contributed by atoms with E-state index in [4.69, 9.17) is 21.7 Å². The topological polar surface area (TPSA) is 39.2 Å². The molecule has 4 nitrogen and oxygen atoms in total. The first-order valence-electron chi connectivity index (χ1n) is 6.49. The van der Waals surface area contributed by atoms with Crippen LogP contribution in [0.15, 0.2) is 18.2 Å². The van der Waals surface area contributed by atoms with E-state index in [0.29, 0.717) is 13.2 Å². The molecule has 0 fully saturated rings. The van der Waals surface area contributed by atoms with Gasteiger partial charge >= 0.3 is 0 Å². The minimum Gasteiger partial charge on any atom is -0.382 e.